The van der Waals surface area contributed by atoms with Crippen LogP contribution in [0.1, 0.15) is 0 Å². The summed E-state index contributed by atoms with van der Waals surface area (Å²) in [5.74, 6) is 0.967. The van der Waals surface area contributed by atoms with Crippen molar-refractivity contribution in [1.82, 2.24) is 24.7 Å². The quantitative estimate of drug-likeness (QED) is 0.765. The van der Waals surface area contributed by atoms with Gasteiger partial charge in [-0.1, -0.05) is 0 Å². The molecule has 1 atom stereocenters. The fourth-order valence-electron chi connectivity index (χ4n) is 2.92. The van der Waals surface area contributed by atoms with Crippen molar-refractivity contribution in [3.63, 3.8) is 0 Å². The van der Waals surface area contributed by atoms with E-state index in [4.69, 9.17) is 9.47 Å². The van der Waals surface area contributed by atoms with E-state index in [2.05, 4.69) is 32.1 Å². The van der Waals surface area contributed by atoms with E-state index >= 15 is 0 Å². The molecule has 0 aliphatic carbocycles. The molecular formula is C14H20N6O2. The molecule has 0 spiro atoms. The standard InChI is InChI=1S/C14H20N6O2/c1-18(8-12-9-21-4-5-22-12)11-6-19(7-11)14-3-2-13-16-15-10-20(13)17-14/h2-3,10-12H,4-9H2,1H3. The minimum atomic E-state index is 0.194. The summed E-state index contributed by atoms with van der Waals surface area (Å²) < 4.78 is 12.9. The fraction of sp³-hybridized carbons (Fsp3) is 0.643. The van der Waals surface area contributed by atoms with Crippen LogP contribution in [0.4, 0.5) is 5.82 Å². The first-order valence-corrected chi connectivity index (χ1v) is 7.61. The Morgan fingerprint density at radius 3 is 3.05 bits per heavy atom. The number of anilines is 1. The third-order valence-electron chi connectivity index (χ3n) is 4.33. The lowest BCUT2D eigenvalue weighted by atomic mass is 10.1. The van der Waals surface area contributed by atoms with Crippen LogP contribution in [0.5, 0.6) is 0 Å². The largest absolute Gasteiger partial charge is 0.376 e. The summed E-state index contributed by atoms with van der Waals surface area (Å²) in [6, 6.07) is 4.47. The highest BCUT2D eigenvalue weighted by molar-refractivity contribution is 5.47. The van der Waals surface area contributed by atoms with E-state index in [1.54, 1.807) is 10.8 Å². The minimum absolute atomic E-state index is 0.194. The first kappa shape index (κ1) is 13.9. The number of rotatable bonds is 4. The van der Waals surface area contributed by atoms with E-state index in [0.29, 0.717) is 25.9 Å². The number of likely N-dealkylation sites (N-methyl/N-ethyl adjacent to an activating group) is 1. The van der Waals surface area contributed by atoms with Gasteiger partial charge >= 0.3 is 0 Å². The van der Waals surface area contributed by atoms with E-state index in [9.17, 15) is 0 Å². The number of hydrogen-bond acceptors (Lipinski definition) is 7. The predicted octanol–water partition coefficient (Wildman–Crippen LogP) is -0.340. The van der Waals surface area contributed by atoms with Crippen molar-refractivity contribution in [3.8, 4) is 0 Å². The summed E-state index contributed by atoms with van der Waals surface area (Å²) in [6.45, 7) is 4.99. The van der Waals surface area contributed by atoms with Gasteiger partial charge in [-0.15, -0.1) is 15.3 Å². The van der Waals surface area contributed by atoms with Crippen LogP contribution in [0.3, 0.4) is 0 Å². The highest BCUT2D eigenvalue weighted by atomic mass is 16.6. The molecule has 2 aliphatic rings. The topological polar surface area (TPSA) is 68.0 Å². The molecule has 0 bridgehead atoms. The molecule has 22 heavy (non-hydrogen) atoms. The van der Waals surface area contributed by atoms with Gasteiger partial charge in [0.1, 0.15) is 12.1 Å². The summed E-state index contributed by atoms with van der Waals surface area (Å²) in [5.41, 5.74) is 0.771. The van der Waals surface area contributed by atoms with E-state index < -0.39 is 0 Å². The third-order valence-corrected chi connectivity index (χ3v) is 4.33. The van der Waals surface area contributed by atoms with Crippen LogP contribution in [-0.4, -0.2) is 83.4 Å². The maximum Gasteiger partial charge on any atom is 0.177 e. The lowest BCUT2D eigenvalue weighted by Crippen LogP contribution is -2.60. The molecule has 0 aromatic carbocycles. The van der Waals surface area contributed by atoms with Gasteiger partial charge in [0.05, 0.1) is 25.9 Å². The van der Waals surface area contributed by atoms with Crippen LogP contribution >= 0.6 is 0 Å². The van der Waals surface area contributed by atoms with Gasteiger partial charge in [0.15, 0.2) is 5.65 Å². The molecule has 2 saturated heterocycles. The van der Waals surface area contributed by atoms with Crippen molar-refractivity contribution in [2.24, 2.45) is 0 Å². The van der Waals surface area contributed by atoms with Gasteiger partial charge in [0.25, 0.3) is 0 Å². The highest BCUT2D eigenvalue weighted by Crippen LogP contribution is 2.21. The normalized spacial score (nSPS) is 23.2. The second-order valence-corrected chi connectivity index (χ2v) is 5.89. The average Bonchev–Trinajstić information content (AvgIpc) is 2.94. The molecule has 2 aromatic heterocycles. The maximum atomic E-state index is 5.71. The van der Waals surface area contributed by atoms with Crippen LogP contribution in [0.15, 0.2) is 18.5 Å². The summed E-state index contributed by atoms with van der Waals surface area (Å²) in [5, 5.41) is 12.3. The molecule has 0 amide bonds. The maximum absolute atomic E-state index is 5.71. The smallest absolute Gasteiger partial charge is 0.177 e. The van der Waals surface area contributed by atoms with Gasteiger partial charge < -0.3 is 14.4 Å². The second-order valence-electron chi connectivity index (χ2n) is 5.89. The Morgan fingerprint density at radius 2 is 2.23 bits per heavy atom. The van der Waals surface area contributed by atoms with E-state index in [1.807, 2.05) is 12.1 Å². The van der Waals surface area contributed by atoms with Crippen LogP contribution < -0.4 is 4.90 Å². The molecule has 2 fully saturated rings. The fourth-order valence-corrected chi connectivity index (χ4v) is 2.92. The molecule has 1 unspecified atom stereocenters. The summed E-state index contributed by atoms with van der Waals surface area (Å²) >= 11 is 0. The SMILES string of the molecule is CN(CC1COCCO1)C1CN(c2ccc3nncn3n2)C1. The van der Waals surface area contributed by atoms with Crippen LogP contribution in [0, 0.1) is 0 Å². The summed E-state index contributed by atoms with van der Waals surface area (Å²) in [7, 11) is 2.15. The Hall–Kier alpha value is -1.77. The molecule has 0 N–H and O–H groups in total. The predicted molar refractivity (Wildman–Crippen MR) is 80.0 cm³/mol. The Kier molecular flexibility index (Phi) is 3.65. The van der Waals surface area contributed by atoms with Crippen molar-refractivity contribution < 1.29 is 9.47 Å². The van der Waals surface area contributed by atoms with Crippen molar-refractivity contribution >= 4 is 11.5 Å². The first-order valence-electron chi connectivity index (χ1n) is 7.61. The molecule has 118 valence electrons. The molecule has 4 heterocycles. The molecule has 2 aromatic rings. The second kappa shape index (κ2) is 5.79. The van der Waals surface area contributed by atoms with Crippen molar-refractivity contribution in [2.75, 3.05) is 51.4 Å². The summed E-state index contributed by atoms with van der Waals surface area (Å²) in [4.78, 5) is 4.62. The van der Waals surface area contributed by atoms with Crippen molar-refractivity contribution in [1.29, 1.82) is 0 Å². The van der Waals surface area contributed by atoms with Gasteiger partial charge in [-0.2, -0.15) is 4.52 Å². The first-order chi connectivity index (χ1) is 10.8. The van der Waals surface area contributed by atoms with Crippen molar-refractivity contribution in [3.05, 3.63) is 18.5 Å². The lowest BCUT2D eigenvalue weighted by Gasteiger charge is -2.45. The van der Waals surface area contributed by atoms with Gasteiger partial charge in [-0.05, 0) is 19.2 Å². The zero-order chi connectivity index (χ0) is 14.9. The number of fused-ring (bicyclic) bond motifs is 1. The van der Waals surface area contributed by atoms with E-state index in [0.717, 1.165) is 31.1 Å². The van der Waals surface area contributed by atoms with Gasteiger partial charge in [-0.3, -0.25) is 4.90 Å². The minimum Gasteiger partial charge on any atom is -0.376 e. The number of nitrogens with zero attached hydrogens (tertiary/aromatic N) is 6. The zero-order valence-corrected chi connectivity index (χ0v) is 12.6. The van der Waals surface area contributed by atoms with Gasteiger partial charge in [-0.25, -0.2) is 0 Å². The summed E-state index contributed by atoms with van der Waals surface area (Å²) in [6.07, 6.45) is 1.82. The molecule has 4 rings (SSSR count). The number of aromatic nitrogens is 4. The van der Waals surface area contributed by atoms with Gasteiger partial charge in [0.2, 0.25) is 0 Å². The van der Waals surface area contributed by atoms with Crippen LogP contribution in [-0.2, 0) is 9.47 Å². The molecule has 0 saturated carbocycles. The van der Waals surface area contributed by atoms with E-state index in [1.165, 1.54) is 0 Å². The molecule has 8 heteroatoms. The van der Waals surface area contributed by atoms with Crippen LogP contribution in [0.25, 0.3) is 5.65 Å². The Bertz CT molecular complexity index is 635. The Morgan fingerprint density at radius 1 is 1.32 bits per heavy atom. The van der Waals surface area contributed by atoms with Gasteiger partial charge in [0, 0.05) is 25.7 Å². The molecule has 8 nitrogen and oxygen atoms in total. The molecular weight excluding hydrogens is 284 g/mol. The number of ether oxygens (including phenoxy) is 2. The molecule has 2 aliphatic heterocycles. The Balaban J connectivity index is 1.32. The van der Waals surface area contributed by atoms with Crippen LogP contribution in [0.2, 0.25) is 0 Å². The lowest BCUT2D eigenvalue weighted by molar-refractivity contribution is -0.0990. The zero-order valence-electron chi connectivity index (χ0n) is 12.6. The van der Waals surface area contributed by atoms with E-state index in [-0.39, 0.29) is 6.10 Å². The highest BCUT2D eigenvalue weighted by Gasteiger charge is 2.32. The molecule has 0 radical (unpaired) electrons. The number of hydrogen-bond donors (Lipinski definition) is 0. The monoisotopic (exact) mass is 304 g/mol. The Labute approximate surface area is 128 Å². The average molecular weight is 304 g/mol. The third kappa shape index (κ3) is 2.65. The van der Waals surface area contributed by atoms with Crippen molar-refractivity contribution in [2.45, 2.75) is 12.1 Å².